The van der Waals surface area contributed by atoms with E-state index in [0.717, 1.165) is 35.2 Å². The molecule has 8 rings (SSSR count). The molecule has 2 heterocycles. The smallest absolute Gasteiger partial charge is 0.0998 e. The third-order valence-corrected chi connectivity index (χ3v) is 11.5. The molecule has 0 bridgehead atoms. The van der Waals surface area contributed by atoms with Crippen LogP contribution in [0.1, 0.15) is 67.7 Å². The van der Waals surface area contributed by atoms with Crippen LogP contribution >= 0.6 is 11.3 Å². The Kier molecular flexibility index (Phi) is 9.41. The molecule has 0 N–H and O–H groups in total. The molecule has 0 radical (unpaired) electrons. The molecule has 52 heavy (non-hydrogen) atoms. The van der Waals surface area contributed by atoms with Gasteiger partial charge in [0, 0.05) is 53.8 Å². The molecule has 2 aromatic heterocycles. The second-order valence-corrected chi connectivity index (χ2v) is 14.7. The predicted molar refractivity (Wildman–Crippen MR) is 223 cm³/mol. The van der Waals surface area contributed by atoms with Crippen LogP contribution in [0.15, 0.2) is 121 Å². The lowest BCUT2D eigenvalue weighted by Crippen LogP contribution is -1.98. The van der Waals surface area contributed by atoms with Crippen LogP contribution < -0.4 is 0 Å². The topological polar surface area (TPSA) is 52.5 Å². The van der Waals surface area contributed by atoms with Gasteiger partial charge in [-0.3, -0.25) is 0 Å². The lowest BCUT2D eigenvalue weighted by molar-refractivity contribution is 0.571. The minimum Gasteiger partial charge on any atom is -0.340 e. The van der Waals surface area contributed by atoms with Crippen molar-refractivity contribution in [2.24, 2.45) is 0 Å². The van der Waals surface area contributed by atoms with Crippen molar-refractivity contribution in [3.05, 3.63) is 144 Å². The van der Waals surface area contributed by atoms with Crippen LogP contribution in [0, 0.1) is 22.7 Å². The standard InChI is InChI=1S/C48H39N3S/c1-2-3-4-5-6-13-26-51-45-29-33(27-37(31-49)35-14-9-7-10-15-35)18-20-39(45)41-22-25-44-42(47(41)51)23-24-43-40-21-19-34(30-46(40)52-48(43)44)28-38(32-50)36-16-11-8-12-17-36/h7-12,14-25,27-30H,2-6,13,26H2,1H3/b37-27+,38-28+. The molecule has 8 aromatic rings. The van der Waals surface area contributed by atoms with Gasteiger partial charge in [-0.05, 0) is 53.0 Å². The number of rotatable bonds is 11. The van der Waals surface area contributed by atoms with Gasteiger partial charge >= 0.3 is 0 Å². The first-order chi connectivity index (χ1) is 25.7. The van der Waals surface area contributed by atoms with Gasteiger partial charge in [0.25, 0.3) is 0 Å². The van der Waals surface area contributed by atoms with Crippen LogP contribution in [0.2, 0.25) is 0 Å². The monoisotopic (exact) mass is 689 g/mol. The van der Waals surface area contributed by atoms with Gasteiger partial charge in [0.2, 0.25) is 0 Å². The molecular weight excluding hydrogens is 651 g/mol. The predicted octanol–water partition coefficient (Wildman–Crippen LogP) is 13.8. The first-order valence-corrected chi connectivity index (χ1v) is 19.2. The van der Waals surface area contributed by atoms with E-state index < -0.39 is 0 Å². The minimum atomic E-state index is 0.662. The average Bonchev–Trinajstić information content (AvgIpc) is 3.73. The van der Waals surface area contributed by atoms with Gasteiger partial charge in [0.05, 0.1) is 28.8 Å². The number of aromatic nitrogens is 1. The van der Waals surface area contributed by atoms with E-state index in [0.29, 0.717) is 11.1 Å². The summed E-state index contributed by atoms with van der Waals surface area (Å²) in [6.45, 7) is 3.22. The summed E-state index contributed by atoms with van der Waals surface area (Å²) in [7, 11) is 0. The zero-order valence-electron chi connectivity index (χ0n) is 29.4. The van der Waals surface area contributed by atoms with Crippen molar-refractivity contribution in [3.8, 4) is 12.1 Å². The molecule has 0 aliphatic heterocycles. The van der Waals surface area contributed by atoms with Crippen LogP contribution in [0.4, 0.5) is 0 Å². The number of hydrogen-bond donors (Lipinski definition) is 0. The van der Waals surface area contributed by atoms with Crippen molar-refractivity contribution in [3.63, 3.8) is 0 Å². The zero-order valence-corrected chi connectivity index (χ0v) is 30.2. The number of nitriles is 2. The van der Waals surface area contributed by atoms with Gasteiger partial charge in [-0.15, -0.1) is 11.3 Å². The summed E-state index contributed by atoms with van der Waals surface area (Å²) < 4.78 is 5.06. The Hall–Kier alpha value is -5.94. The second kappa shape index (κ2) is 14.7. The van der Waals surface area contributed by atoms with Crippen molar-refractivity contribution in [1.82, 2.24) is 4.57 Å². The Morgan fingerprint density at radius 2 is 1.10 bits per heavy atom. The summed E-state index contributed by atoms with van der Waals surface area (Å²) in [5, 5.41) is 27.6. The quantitative estimate of drug-likeness (QED) is 0.0771. The summed E-state index contributed by atoms with van der Waals surface area (Å²) in [4.78, 5) is 0. The summed E-state index contributed by atoms with van der Waals surface area (Å²) in [5.74, 6) is 0. The molecule has 3 nitrogen and oxygen atoms in total. The lowest BCUT2D eigenvalue weighted by atomic mass is 10.0. The number of allylic oxidation sites excluding steroid dienone is 2. The van der Waals surface area contributed by atoms with Gasteiger partial charge in [-0.2, -0.15) is 10.5 Å². The number of thiophene rings is 1. The minimum absolute atomic E-state index is 0.662. The molecule has 0 spiro atoms. The number of nitrogens with zero attached hydrogens (tertiary/aromatic N) is 3. The highest BCUT2D eigenvalue weighted by molar-refractivity contribution is 7.26. The largest absolute Gasteiger partial charge is 0.340 e. The second-order valence-electron chi connectivity index (χ2n) is 13.6. The van der Waals surface area contributed by atoms with E-state index in [-0.39, 0.29) is 0 Å². The molecule has 4 heteroatoms. The number of benzene rings is 6. The Morgan fingerprint density at radius 1 is 0.577 bits per heavy atom. The fourth-order valence-corrected chi connectivity index (χ4v) is 8.94. The first kappa shape index (κ1) is 33.2. The fraction of sp³-hybridized carbons (Fsp3) is 0.167. The fourth-order valence-electron chi connectivity index (χ4n) is 7.66. The van der Waals surface area contributed by atoms with Gasteiger partial charge < -0.3 is 4.57 Å². The molecule has 6 aromatic carbocycles. The van der Waals surface area contributed by atoms with Crippen LogP contribution in [-0.4, -0.2) is 4.57 Å². The molecule has 0 fully saturated rings. The van der Waals surface area contributed by atoms with Crippen LogP contribution in [-0.2, 0) is 6.54 Å². The third kappa shape index (κ3) is 6.28. The van der Waals surface area contributed by atoms with Crippen molar-refractivity contribution in [2.45, 2.75) is 52.0 Å². The Morgan fingerprint density at radius 3 is 1.73 bits per heavy atom. The number of unbranched alkanes of at least 4 members (excludes halogenated alkanes) is 5. The highest BCUT2D eigenvalue weighted by atomic mass is 32.1. The molecule has 0 saturated heterocycles. The van der Waals surface area contributed by atoms with Crippen molar-refractivity contribution < 1.29 is 0 Å². The number of aryl methyl sites for hydroxylation is 1. The van der Waals surface area contributed by atoms with Crippen molar-refractivity contribution in [1.29, 1.82) is 10.5 Å². The maximum Gasteiger partial charge on any atom is 0.0998 e. The van der Waals surface area contributed by atoms with Crippen LogP contribution in [0.25, 0.3) is 76.0 Å². The van der Waals surface area contributed by atoms with Gasteiger partial charge in [-0.1, -0.05) is 148 Å². The molecule has 0 aliphatic carbocycles. The van der Waals surface area contributed by atoms with E-state index in [2.05, 4.69) is 84.3 Å². The third-order valence-electron chi connectivity index (χ3n) is 10.3. The van der Waals surface area contributed by atoms with Crippen molar-refractivity contribution >= 4 is 87.4 Å². The summed E-state index contributed by atoms with van der Waals surface area (Å²) in [6, 6.07) is 47.1. The molecule has 0 saturated carbocycles. The molecule has 252 valence electrons. The molecule has 0 atom stereocenters. The highest BCUT2D eigenvalue weighted by Gasteiger charge is 2.17. The van der Waals surface area contributed by atoms with E-state index in [1.165, 1.54) is 84.9 Å². The van der Waals surface area contributed by atoms with E-state index in [4.69, 9.17) is 0 Å². The lowest BCUT2D eigenvalue weighted by Gasteiger charge is -2.11. The molecule has 0 aliphatic rings. The summed E-state index contributed by atoms with van der Waals surface area (Å²) >= 11 is 1.84. The van der Waals surface area contributed by atoms with Crippen LogP contribution in [0.3, 0.4) is 0 Å². The van der Waals surface area contributed by atoms with Gasteiger partial charge in [0.1, 0.15) is 0 Å². The summed E-state index contributed by atoms with van der Waals surface area (Å²) in [6.07, 6.45) is 11.5. The maximum absolute atomic E-state index is 10.1. The number of hydrogen-bond acceptors (Lipinski definition) is 3. The normalized spacial score (nSPS) is 12.3. The van der Waals surface area contributed by atoms with Crippen molar-refractivity contribution in [2.75, 3.05) is 0 Å². The summed E-state index contributed by atoms with van der Waals surface area (Å²) in [5.41, 5.74) is 7.76. The van der Waals surface area contributed by atoms with E-state index >= 15 is 0 Å². The van der Waals surface area contributed by atoms with Crippen LogP contribution in [0.5, 0.6) is 0 Å². The molecule has 0 unspecified atom stereocenters. The Balaban J connectivity index is 1.27. The maximum atomic E-state index is 10.1. The first-order valence-electron chi connectivity index (χ1n) is 18.3. The molecular formula is C48H39N3S. The van der Waals surface area contributed by atoms with E-state index in [9.17, 15) is 10.5 Å². The number of fused-ring (bicyclic) bond motifs is 9. The zero-order chi connectivity index (χ0) is 35.4. The van der Waals surface area contributed by atoms with Gasteiger partial charge in [-0.25, -0.2) is 0 Å². The highest BCUT2D eigenvalue weighted by Crippen LogP contribution is 2.43. The average molecular weight is 690 g/mol. The van der Waals surface area contributed by atoms with E-state index in [1.54, 1.807) is 0 Å². The van der Waals surface area contributed by atoms with Gasteiger partial charge in [0.15, 0.2) is 0 Å². The SMILES string of the molecule is CCCCCCCCn1c2cc(/C=C(\C#N)c3ccccc3)ccc2c2ccc3c(ccc4c5ccc(/C=C(\C#N)c6ccccc6)cc5sc43)c21. The van der Waals surface area contributed by atoms with E-state index in [1.807, 2.05) is 84.2 Å². The Labute approximate surface area is 309 Å². The molecule has 0 amide bonds. The Bertz CT molecular complexity index is 2730.